The Kier molecular flexibility index (Phi) is 6.69. The smallest absolute Gasteiger partial charge is 0.239 e. The zero-order chi connectivity index (χ0) is 18.0. The summed E-state index contributed by atoms with van der Waals surface area (Å²) in [6, 6.07) is 8.07. The first-order valence-corrected chi connectivity index (χ1v) is 9.39. The molecule has 144 valence electrons. The summed E-state index contributed by atoms with van der Waals surface area (Å²) in [7, 11) is 0. The predicted molar refractivity (Wildman–Crippen MR) is 107 cm³/mol. The van der Waals surface area contributed by atoms with Gasteiger partial charge in [0, 0.05) is 18.8 Å². The highest BCUT2D eigenvalue weighted by molar-refractivity contribution is 6.09. The molecule has 1 unspecified atom stereocenters. The Morgan fingerprint density at radius 3 is 2.42 bits per heavy atom. The number of hydrogen-bond donors (Lipinski definition) is 2. The molecule has 1 heterocycles. The minimum atomic E-state index is -0.589. The van der Waals surface area contributed by atoms with Gasteiger partial charge in [0.1, 0.15) is 5.92 Å². The molecule has 2 aliphatic rings. The monoisotopic (exact) mass is 379 g/mol. The van der Waals surface area contributed by atoms with E-state index in [9.17, 15) is 9.59 Å². The molecule has 0 radical (unpaired) electrons. The van der Waals surface area contributed by atoms with Gasteiger partial charge in [-0.2, -0.15) is 0 Å². The lowest BCUT2D eigenvalue weighted by Gasteiger charge is -2.29. The summed E-state index contributed by atoms with van der Waals surface area (Å²) in [6.45, 7) is 5.33. The molecular weight excluding hydrogens is 350 g/mol. The van der Waals surface area contributed by atoms with E-state index in [1.54, 1.807) is 4.90 Å². The highest BCUT2D eigenvalue weighted by atomic mass is 35.5. The average molecular weight is 380 g/mol. The van der Waals surface area contributed by atoms with Crippen molar-refractivity contribution in [3.8, 4) is 0 Å². The van der Waals surface area contributed by atoms with Crippen molar-refractivity contribution in [2.24, 2.45) is 11.7 Å². The van der Waals surface area contributed by atoms with Gasteiger partial charge in [0.2, 0.25) is 11.8 Å². The quantitative estimate of drug-likeness (QED) is 0.772. The molecule has 5 nitrogen and oxygen atoms in total. The first-order chi connectivity index (χ1) is 12.0. The topological polar surface area (TPSA) is 75.4 Å². The Hall–Kier alpha value is -1.59. The summed E-state index contributed by atoms with van der Waals surface area (Å²) in [6.07, 6.45) is 4.57. The maximum Gasteiger partial charge on any atom is 0.239 e. The van der Waals surface area contributed by atoms with Crippen LogP contribution in [0, 0.1) is 5.92 Å². The molecule has 0 bridgehead atoms. The Bertz CT molecular complexity index is 639. The number of carbonyl (C=O) groups excluding carboxylic acids is 2. The van der Waals surface area contributed by atoms with Crippen LogP contribution in [0.3, 0.4) is 0 Å². The first kappa shape index (κ1) is 20.7. The Labute approximate surface area is 162 Å². The molecular formula is C20H30ClN3O2. The van der Waals surface area contributed by atoms with E-state index in [2.05, 4.69) is 31.3 Å². The van der Waals surface area contributed by atoms with E-state index < -0.39 is 5.92 Å². The van der Waals surface area contributed by atoms with Gasteiger partial charge in [0.25, 0.3) is 0 Å². The summed E-state index contributed by atoms with van der Waals surface area (Å²) in [5.41, 5.74) is 7.72. The Balaban J connectivity index is 0.00000243. The first-order valence-electron chi connectivity index (χ1n) is 9.39. The van der Waals surface area contributed by atoms with E-state index in [1.165, 1.54) is 5.56 Å². The molecule has 1 aromatic rings. The Morgan fingerprint density at radius 1 is 1.27 bits per heavy atom. The number of anilines is 1. The van der Waals surface area contributed by atoms with Crippen molar-refractivity contribution in [2.45, 2.75) is 57.4 Å². The van der Waals surface area contributed by atoms with Crippen LogP contribution < -0.4 is 16.0 Å². The molecule has 1 aromatic carbocycles. The maximum absolute atomic E-state index is 12.8. The van der Waals surface area contributed by atoms with E-state index in [4.69, 9.17) is 5.73 Å². The number of halogens is 1. The number of nitrogens with zero attached hydrogens (tertiary/aromatic N) is 1. The summed E-state index contributed by atoms with van der Waals surface area (Å²) < 4.78 is 0. The number of benzene rings is 1. The SMILES string of the molecule is CC(C)c1ccc(N2CCC(C(=O)NC3(CN)CCCC3)C2=O)cc1.Cl. The van der Waals surface area contributed by atoms with Gasteiger partial charge in [0.15, 0.2) is 0 Å². The number of rotatable bonds is 5. The Morgan fingerprint density at radius 2 is 1.88 bits per heavy atom. The average Bonchev–Trinajstić information content (AvgIpc) is 3.22. The molecule has 3 rings (SSSR count). The van der Waals surface area contributed by atoms with E-state index in [0.29, 0.717) is 25.4 Å². The minimum Gasteiger partial charge on any atom is -0.349 e. The van der Waals surface area contributed by atoms with Crippen molar-refractivity contribution in [3.63, 3.8) is 0 Å². The zero-order valence-electron chi connectivity index (χ0n) is 15.7. The van der Waals surface area contributed by atoms with Crippen LogP contribution in [0.15, 0.2) is 24.3 Å². The maximum atomic E-state index is 12.8. The van der Waals surface area contributed by atoms with E-state index in [1.807, 2.05) is 12.1 Å². The lowest BCUT2D eigenvalue weighted by Crippen LogP contribution is -2.54. The van der Waals surface area contributed by atoms with E-state index in [0.717, 1.165) is 31.4 Å². The number of nitrogens with two attached hydrogens (primary N) is 1. The van der Waals surface area contributed by atoms with Crippen LogP contribution in [-0.2, 0) is 9.59 Å². The summed E-state index contributed by atoms with van der Waals surface area (Å²) >= 11 is 0. The third-order valence-corrected chi connectivity index (χ3v) is 5.73. The van der Waals surface area contributed by atoms with Crippen LogP contribution in [0.2, 0.25) is 0 Å². The lowest BCUT2D eigenvalue weighted by molar-refractivity contribution is -0.133. The number of carbonyl (C=O) groups is 2. The fraction of sp³-hybridized carbons (Fsp3) is 0.600. The lowest BCUT2D eigenvalue weighted by atomic mass is 9.96. The molecule has 1 aliphatic carbocycles. The molecule has 1 saturated heterocycles. The van der Waals surface area contributed by atoms with Gasteiger partial charge in [-0.3, -0.25) is 9.59 Å². The number of amides is 2. The van der Waals surface area contributed by atoms with Gasteiger partial charge >= 0.3 is 0 Å². The molecule has 2 amide bonds. The fourth-order valence-electron chi connectivity index (χ4n) is 4.00. The van der Waals surface area contributed by atoms with Crippen molar-refractivity contribution in [1.82, 2.24) is 5.32 Å². The third-order valence-electron chi connectivity index (χ3n) is 5.73. The molecule has 1 atom stereocenters. The van der Waals surface area contributed by atoms with Crippen LogP contribution in [0.5, 0.6) is 0 Å². The highest BCUT2D eigenvalue weighted by Crippen LogP contribution is 2.31. The summed E-state index contributed by atoms with van der Waals surface area (Å²) in [5, 5.41) is 3.10. The van der Waals surface area contributed by atoms with Gasteiger partial charge in [-0.1, -0.05) is 38.8 Å². The summed E-state index contributed by atoms with van der Waals surface area (Å²) in [5.74, 6) is -0.381. The van der Waals surface area contributed by atoms with Crippen LogP contribution in [-0.4, -0.2) is 30.4 Å². The fourth-order valence-corrected chi connectivity index (χ4v) is 4.00. The predicted octanol–water partition coefficient (Wildman–Crippen LogP) is 2.97. The third kappa shape index (κ3) is 4.04. The number of hydrogen-bond acceptors (Lipinski definition) is 3. The molecule has 26 heavy (non-hydrogen) atoms. The second-order valence-corrected chi connectivity index (χ2v) is 7.76. The van der Waals surface area contributed by atoms with Gasteiger partial charge in [-0.25, -0.2) is 0 Å². The van der Waals surface area contributed by atoms with Gasteiger partial charge < -0.3 is 16.0 Å². The van der Waals surface area contributed by atoms with Crippen molar-refractivity contribution >= 4 is 29.9 Å². The van der Waals surface area contributed by atoms with Gasteiger partial charge in [-0.05, 0) is 42.9 Å². The molecule has 0 aromatic heterocycles. The normalized spacial score (nSPS) is 21.8. The van der Waals surface area contributed by atoms with Crippen LogP contribution >= 0.6 is 12.4 Å². The minimum absolute atomic E-state index is 0. The second-order valence-electron chi connectivity index (χ2n) is 7.76. The van der Waals surface area contributed by atoms with E-state index >= 15 is 0 Å². The molecule has 0 spiro atoms. The van der Waals surface area contributed by atoms with Gasteiger partial charge in [0.05, 0.1) is 5.54 Å². The summed E-state index contributed by atoms with van der Waals surface area (Å²) in [4.78, 5) is 27.2. The molecule has 3 N–H and O–H groups in total. The largest absolute Gasteiger partial charge is 0.349 e. The van der Waals surface area contributed by atoms with Crippen molar-refractivity contribution in [1.29, 1.82) is 0 Å². The molecule has 1 saturated carbocycles. The standard InChI is InChI=1S/C20H29N3O2.ClH/c1-14(2)15-5-7-16(8-6-15)23-12-9-17(19(23)25)18(24)22-20(13-21)10-3-4-11-20;/h5-8,14,17H,3-4,9-13,21H2,1-2H3,(H,22,24);1H. The van der Waals surface area contributed by atoms with Crippen LogP contribution in [0.4, 0.5) is 5.69 Å². The molecule has 1 aliphatic heterocycles. The molecule has 6 heteroatoms. The van der Waals surface area contributed by atoms with Crippen LogP contribution in [0.1, 0.15) is 57.4 Å². The second kappa shape index (κ2) is 8.40. The number of nitrogens with one attached hydrogen (secondary N) is 1. The van der Waals surface area contributed by atoms with Gasteiger partial charge in [-0.15, -0.1) is 12.4 Å². The highest BCUT2D eigenvalue weighted by Gasteiger charge is 2.41. The van der Waals surface area contributed by atoms with Crippen molar-refractivity contribution < 1.29 is 9.59 Å². The van der Waals surface area contributed by atoms with Crippen LogP contribution in [0.25, 0.3) is 0 Å². The molecule has 2 fully saturated rings. The van der Waals surface area contributed by atoms with Crippen molar-refractivity contribution in [3.05, 3.63) is 29.8 Å². The van der Waals surface area contributed by atoms with E-state index in [-0.39, 0.29) is 29.8 Å². The zero-order valence-corrected chi connectivity index (χ0v) is 16.5. The van der Waals surface area contributed by atoms with Crippen molar-refractivity contribution in [2.75, 3.05) is 18.0 Å².